The van der Waals surface area contributed by atoms with Gasteiger partial charge >= 0.3 is 0 Å². The van der Waals surface area contributed by atoms with Gasteiger partial charge in [0.05, 0.1) is 6.10 Å². The first-order valence-corrected chi connectivity index (χ1v) is 6.13. The third-order valence-electron chi connectivity index (χ3n) is 2.84. The van der Waals surface area contributed by atoms with Crippen molar-refractivity contribution in [1.82, 2.24) is 4.90 Å². The average molecular weight is 221 g/mol. The third kappa shape index (κ3) is 5.29. The minimum atomic E-state index is -0.120. The lowest BCUT2D eigenvalue weighted by molar-refractivity contribution is 0.151. The molecule has 0 saturated carbocycles. The van der Waals surface area contributed by atoms with E-state index in [1.54, 1.807) is 0 Å². The van der Waals surface area contributed by atoms with Crippen LogP contribution < -0.4 is 0 Å². The normalized spacial score (nSPS) is 13.0. The number of rotatable bonds is 7. The molecular weight excluding hydrogens is 198 g/mol. The van der Waals surface area contributed by atoms with Crippen LogP contribution in [-0.4, -0.2) is 29.7 Å². The lowest BCUT2D eigenvalue weighted by Gasteiger charge is -2.17. The largest absolute Gasteiger partial charge is 0.393 e. The Hall–Kier alpha value is -0.860. The lowest BCUT2D eigenvalue weighted by atomic mass is 10.1. The van der Waals surface area contributed by atoms with Crippen LogP contribution >= 0.6 is 0 Å². The second-order valence-corrected chi connectivity index (χ2v) is 4.43. The molecule has 16 heavy (non-hydrogen) atoms. The molecule has 0 aromatic heterocycles. The van der Waals surface area contributed by atoms with Gasteiger partial charge < -0.3 is 10.0 Å². The highest BCUT2D eigenvalue weighted by atomic mass is 16.3. The van der Waals surface area contributed by atoms with Crippen molar-refractivity contribution in [3.63, 3.8) is 0 Å². The topological polar surface area (TPSA) is 23.5 Å². The summed E-state index contributed by atoms with van der Waals surface area (Å²) in [4.78, 5) is 2.30. The Labute approximate surface area is 98.9 Å². The Morgan fingerprint density at radius 3 is 2.56 bits per heavy atom. The fourth-order valence-electron chi connectivity index (χ4n) is 1.78. The fourth-order valence-corrected chi connectivity index (χ4v) is 1.78. The molecule has 0 amide bonds. The van der Waals surface area contributed by atoms with Crippen molar-refractivity contribution in [3.8, 4) is 0 Å². The first-order valence-electron chi connectivity index (χ1n) is 6.13. The van der Waals surface area contributed by atoms with Crippen molar-refractivity contribution in [2.24, 2.45) is 0 Å². The second-order valence-electron chi connectivity index (χ2n) is 4.43. The average Bonchev–Trinajstić information content (AvgIpc) is 2.30. The Balaban J connectivity index is 2.19. The van der Waals surface area contributed by atoms with Gasteiger partial charge in [-0.15, -0.1) is 0 Å². The van der Waals surface area contributed by atoms with Gasteiger partial charge in [-0.25, -0.2) is 0 Å². The quantitative estimate of drug-likeness (QED) is 0.765. The maximum atomic E-state index is 9.44. The molecule has 0 heterocycles. The Bertz CT molecular complexity index is 273. The van der Waals surface area contributed by atoms with E-state index in [1.807, 2.05) is 13.0 Å². The van der Waals surface area contributed by atoms with Crippen molar-refractivity contribution >= 4 is 0 Å². The molecule has 2 heteroatoms. The Morgan fingerprint density at radius 1 is 1.25 bits per heavy atom. The van der Waals surface area contributed by atoms with E-state index in [0.29, 0.717) is 0 Å². The highest BCUT2D eigenvalue weighted by Crippen LogP contribution is 2.05. The van der Waals surface area contributed by atoms with Crippen molar-refractivity contribution < 1.29 is 5.11 Å². The first kappa shape index (κ1) is 13.2. The lowest BCUT2D eigenvalue weighted by Crippen LogP contribution is -2.20. The van der Waals surface area contributed by atoms with Crippen LogP contribution in [0.25, 0.3) is 0 Å². The maximum Gasteiger partial charge on any atom is 0.0538 e. The number of aliphatic hydroxyl groups excluding tert-OH is 1. The molecule has 0 radical (unpaired) electrons. The van der Waals surface area contributed by atoms with E-state index in [4.69, 9.17) is 0 Å². The molecule has 0 aliphatic carbocycles. The summed E-state index contributed by atoms with van der Waals surface area (Å²) in [7, 11) is 2.13. The zero-order valence-electron chi connectivity index (χ0n) is 10.4. The summed E-state index contributed by atoms with van der Waals surface area (Å²) >= 11 is 0. The van der Waals surface area contributed by atoms with Crippen LogP contribution in [0.2, 0.25) is 0 Å². The van der Waals surface area contributed by atoms with Gasteiger partial charge in [-0.3, -0.25) is 0 Å². The molecular formula is C14H23NO. The highest BCUT2D eigenvalue weighted by Gasteiger charge is 2.03. The summed E-state index contributed by atoms with van der Waals surface area (Å²) in [6, 6.07) is 10.5. The standard InChI is InChI=1S/C14H23NO/c1-3-14(16)10-7-11-15(2)12-13-8-5-4-6-9-13/h4-6,8-9,14,16H,3,7,10-12H2,1-2H3/t14-/m1/s1. The molecule has 0 aliphatic rings. The zero-order valence-corrected chi connectivity index (χ0v) is 10.4. The van der Waals surface area contributed by atoms with Gasteiger partial charge in [-0.2, -0.15) is 0 Å². The van der Waals surface area contributed by atoms with E-state index in [0.717, 1.165) is 32.4 Å². The number of aliphatic hydroxyl groups is 1. The molecule has 1 atom stereocenters. The third-order valence-corrected chi connectivity index (χ3v) is 2.84. The van der Waals surface area contributed by atoms with Gasteiger partial charge in [0.15, 0.2) is 0 Å². The summed E-state index contributed by atoms with van der Waals surface area (Å²) in [6.07, 6.45) is 2.72. The summed E-state index contributed by atoms with van der Waals surface area (Å²) < 4.78 is 0. The molecule has 0 unspecified atom stereocenters. The number of hydrogen-bond donors (Lipinski definition) is 1. The van der Waals surface area contributed by atoms with E-state index in [-0.39, 0.29) is 6.10 Å². The maximum absolute atomic E-state index is 9.44. The Morgan fingerprint density at radius 2 is 1.94 bits per heavy atom. The van der Waals surface area contributed by atoms with Crippen molar-refractivity contribution in [3.05, 3.63) is 35.9 Å². The zero-order chi connectivity index (χ0) is 11.8. The van der Waals surface area contributed by atoms with E-state index in [2.05, 4.69) is 36.2 Å². The molecule has 1 N–H and O–H groups in total. The fraction of sp³-hybridized carbons (Fsp3) is 0.571. The van der Waals surface area contributed by atoms with Gasteiger partial charge in [-0.1, -0.05) is 37.3 Å². The number of benzene rings is 1. The van der Waals surface area contributed by atoms with Crippen LogP contribution in [0.3, 0.4) is 0 Å². The van der Waals surface area contributed by atoms with Crippen LogP contribution in [0.5, 0.6) is 0 Å². The van der Waals surface area contributed by atoms with Gasteiger partial charge in [0, 0.05) is 6.54 Å². The number of hydrogen-bond acceptors (Lipinski definition) is 2. The van der Waals surface area contributed by atoms with E-state index in [1.165, 1.54) is 5.56 Å². The van der Waals surface area contributed by atoms with Crippen LogP contribution in [0.15, 0.2) is 30.3 Å². The summed E-state index contributed by atoms with van der Waals surface area (Å²) in [5.74, 6) is 0. The van der Waals surface area contributed by atoms with Gasteiger partial charge in [0.1, 0.15) is 0 Å². The molecule has 0 fully saturated rings. The number of nitrogens with zero attached hydrogens (tertiary/aromatic N) is 1. The molecule has 0 spiro atoms. The van der Waals surface area contributed by atoms with Crippen LogP contribution in [0, 0.1) is 0 Å². The van der Waals surface area contributed by atoms with Crippen LogP contribution in [-0.2, 0) is 6.54 Å². The molecule has 1 aromatic rings. The summed E-state index contributed by atoms with van der Waals surface area (Å²) in [5.41, 5.74) is 1.35. The van der Waals surface area contributed by atoms with Gasteiger partial charge in [-0.05, 0) is 38.4 Å². The van der Waals surface area contributed by atoms with Crippen LogP contribution in [0.4, 0.5) is 0 Å². The molecule has 2 nitrogen and oxygen atoms in total. The SMILES string of the molecule is CC[C@@H](O)CCCN(C)Cc1ccccc1. The molecule has 1 aromatic carbocycles. The molecule has 0 aliphatic heterocycles. The van der Waals surface area contributed by atoms with Crippen molar-refractivity contribution in [2.75, 3.05) is 13.6 Å². The summed E-state index contributed by atoms with van der Waals surface area (Å²) in [6.45, 7) is 4.06. The van der Waals surface area contributed by atoms with E-state index >= 15 is 0 Å². The molecule has 0 bridgehead atoms. The van der Waals surface area contributed by atoms with Gasteiger partial charge in [0.2, 0.25) is 0 Å². The Kier molecular flexibility index (Phi) is 6.12. The molecule has 0 saturated heterocycles. The monoisotopic (exact) mass is 221 g/mol. The minimum Gasteiger partial charge on any atom is -0.393 e. The van der Waals surface area contributed by atoms with Crippen molar-refractivity contribution in [1.29, 1.82) is 0 Å². The molecule has 1 rings (SSSR count). The second kappa shape index (κ2) is 7.42. The van der Waals surface area contributed by atoms with Crippen LogP contribution in [0.1, 0.15) is 31.7 Å². The van der Waals surface area contributed by atoms with E-state index < -0.39 is 0 Å². The predicted octanol–water partition coefficient (Wildman–Crippen LogP) is 2.67. The minimum absolute atomic E-state index is 0.120. The first-order chi connectivity index (χ1) is 7.72. The van der Waals surface area contributed by atoms with E-state index in [9.17, 15) is 5.11 Å². The molecule has 90 valence electrons. The van der Waals surface area contributed by atoms with Gasteiger partial charge in [0.25, 0.3) is 0 Å². The van der Waals surface area contributed by atoms with Crippen molar-refractivity contribution in [2.45, 2.75) is 38.8 Å². The smallest absolute Gasteiger partial charge is 0.0538 e. The predicted molar refractivity (Wildman–Crippen MR) is 68.3 cm³/mol. The highest BCUT2D eigenvalue weighted by molar-refractivity contribution is 5.14. The summed E-state index contributed by atoms with van der Waals surface area (Å²) in [5, 5.41) is 9.44.